The second kappa shape index (κ2) is 17.5. The number of urea groups is 1. The van der Waals surface area contributed by atoms with Crippen LogP contribution in [0.4, 0.5) is 29.5 Å². The summed E-state index contributed by atoms with van der Waals surface area (Å²) in [6, 6.07) is 10.8. The number of rotatable bonds is 11. The Hall–Kier alpha value is -5.92. The topological polar surface area (TPSA) is 208 Å². The first-order chi connectivity index (χ1) is 31.2. The number of alkyl halides is 1. The highest BCUT2D eigenvalue weighted by Gasteiger charge is 2.46. The molecule has 1 aliphatic carbocycles. The minimum absolute atomic E-state index is 0.0763. The summed E-state index contributed by atoms with van der Waals surface area (Å²) in [5.41, 5.74) is 1.75. The minimum atomic E-state index is -4.17. The predicted octanol–water partition coefficient (Wildman–Crippen LogP) is 5.50. The Labute approximate surface area is 372 Å². The number of aromatic nitrogens is 4. The first-order valence-electron chi connectivity index (χ1n) is 21.5. The standard InChI is InChI=1S/C44H47F3N10O7S/c1-54(15-16-58)65(61,62)53-34-7-5-31(45)41(30(34)22-48)64-27-4-6-35-36(18-27)50-37(23-49-35)26-21-44(63-24-26)10-13-56(14-11-44)38-8-3-25(17-33(38)47)28-20-39-29(19-32(28)46)42(52-55(39)2)57-12-9-40(59)51-43(57)60/h4-7,18-20,23,25-26,33,38,53,58H,3,8-17,21,24H2,1-2H3,(H,51,59,60)/t25?,26-,33?,38?/m1/s1. The van der Waals surface area contributed by atoms with Crippen LogP contribution in [0.3, 0.4) is 0 Å². The Kier molecular flexibility index (Phi) is 11.9. The molecule has 0 radical (unpaired) electrons. The van der Waals surface area contributed by atoms with E-state index in [2.05, 4.69) is 25.0 Å². The van der Waals surface area contributed by atoms with Crippen molar-refractivity contribution in [2.24, 2.45) is 7.05 Å². The van der Waals surface area contributed by atoms with Gasteiger partial charge < -0.3 is 14.6 Å². The number of nitrogens with one attached hydrogen (secondary N) is 2. The van der Waals surface area contributed by atoms with E-state index < -0.39 is 52.0 Å². The first-order valence-corrected chi connectivity index (χ1v) is 22.9. The number of aliphatic hydroxyl groups is 1. The number of nitrogens with zero attached hydrogens (tertiary/aromatic N) is 8. The van der Waals surface area contributed by atoms with Gasteiger partial charge >= 0.3 is 16.2 Å². The number of halogens is 3. The first kappa shape index (κ1) is 44.3. The zero-order chi connectivity index (χ0) is 45.8. The average molecular weight is 917 g/mol. The van der Waals surface area contributed by atoms with Crippen LogP contribution < -0.4 is 19.7 Å². The largest absolute Gasteiger partial charge is 0.453 e. The summed E-state index contributed by atoms with van der Waals surface area (Å²) in [4.78, 5) is 37.2. The number of anilines is 2. The number of hydrogen-bond donors (Lipinski definition) is 3. The van der Waals surface area contributed by atoms with E-state index in [0.717, 1.165) is 16.4 Å². The van der Waals surface area contributed by atoms with Crippen molar-refractivity contribution >= 4 is 55.6 Å². The van der Waals surface area contributed by atoms with Gasteiger partial charge in [-0.3, -0.25) is 34.3 Å². The zero-order valence-corrected chi connectivity index (χ0v) is 36.5. The summed E-state index contributed by atoms with van der Waals surface area (Å²) in [5.74, 6) is -2.23. The smallest absolute Gasteiger partial charge is 0.329 e. The molecule has 3 amide bonds. The molecule has 17 nitrogen and oxygen atoms in total. The molecule has 3 unspecified atom stereocenters. The van der Waals surface area contributed by atoms with Crippen LogP contribution in [0, 0.1) is 23.0 Å². The lowest BCUT2D eigenvalue weighted by Crippen LogP contribution is -2.52. The zero-order valence-electron chi connectivity index (χ0n) is 35.6. The van der Waals surface area contributed by atoms with E-state index in [-0.39, 0.29) is 72.5 Å². The molecule has 1 saturated carbocycles. The summed E-state index contributed by atoms with van der Waals surface area (Å²) in [6.07, 6.45) is 4.08. The van der Waals surface area contributed by atoms with Gasteiger partial charge in [-0.2, -0.15) is 23.1 Å². The van der Waals surface area contributed by atoms with Gasteiger partial charge in [0.15, 0.2) is 17.4 Å². The van der Waals surface area contributed by atoms with Crippen LogP contribution >= 0.6 is 0 Å². The van der Waals surface area contributed by atoms with Crippen molar-refractivity contribution < 1.29 is 45.8 Å². The van der Waals surface area contributed by atoms with Crippen LogP contribution in [0.1, 0.15) is 73.6 Å². The monoisotopic (exact) mass is 916 g/mol. The molecule has 4 fully saturated rings. The van der Waals surface area contributed by atoms with E-state index in [9.17, 15) is 23.3 Å². The Balaban J connectivity index is 0.829. The molecule has 3 aromatic carbocycles. The predicted molar refractivity (Wildman–Crippen MR) is 231 cm³/mol. The fourth-order valence-corrected chi connectivity index (χ4v) is 10.6. The fraction of sp³-hybridized carbons (Fsp3) is 0.455. The summed E-state index contributed by atoms with van der Waals surface area (Å²) >= 11 is 0. The van der Waals surface area contributed by atoms with E-state index in [1.54, 1.807) is 42.2 Å². The fourth-order valence-electron chi connectivity index (χ4n) is 9.71. The van der Waals surface area contributed by atoms with E-state index >= 15 is 13.2 Å². The SMILES string of the molecule is CN(CCO)S(=O)(=O)Nc1ccc(F)c(Oc2ccc3ncc([C@H]4COC5(CCN(C6CCC(c7cc8c(cc7F)c(N7CCC(=O)NC7=O)nn8C)CC6F)CC5)C4)nc3c2)c1C#N. The van der Waals surface area contributed by atoms with Crippen molar-refractivity contribution in [1.82, 2.24) is 34.3 Å². The number of likely N-dealkylation sites (tertiary alicyclic amines) is 1. The van der Waals surface area contributed by atoms with Gasteiger partial charge in [-0.1, -0.05) is 0 Å². The second-order valence-electron chi connectivity index (χ2n) is 17.2. The number of carbonyl (C=O) groups is 2. The Bertz CT molecular complexity index is 2850. The van der Waals surface area contributed by atoms with Crippen LogP contribution in [0.15, 0.2) is 48.7 Å². The molecule has 9 rings (SSSR count). The van der Waals surface area contributed by atoms with Gasteiger partial charge in [0.25, 0.3) is 0 Å². The molecule has 21 heteroatoms. The third kappa shape index (κ3) is 8.56. The second-order valence-corrected chi connectivity index (χ2v) is 19.0. The number of amides is 3. The van der Waals surface area contributed by atoms with E-state index in [1.165, 1.54) is 18.0 Å². The van der Waals surface area contributed by atoms with Crippen LogP contribution in [-0.4, -0.2) is 119 Å². The van der Waals surface area contributed by atoms with Gasteiger partial charge in [0.05, 0.1) is 46.7 Å². The van der Waals surface area contributed by atoms with Gasteiger partial charge in [0.2, 0.25) is 5.91 Å². The maximum absolute atomic E-state index is 16.1. The molecule has 5 aromatic rings. The third-order valence-corrected chi connectivity index (χ3v) is 14.8. The number of nitriles is 1. The van der Waals surface area contributed by atoms with Gasteiger partial charge in [-0.15, -0.1) is 0 Å². The van der Waals surface area contributed by atoms with E-state index in [4.69, 9.17) is 19.6 Å². The highest BCUT2D eigenvalue weighted by molar-refractivity contribution is 7.90. The van der Waals surface area contributed by atoms with Crippen molar-refractivity contribution in [3.8, 4) is 17.6 Å². The Morgan fingerprint density at radius 1 is 1.08 bits per heavy atom. The summed E-state index contributed by atoms with van der Waals surface area (Å²) < 4.78 is 89.6. The molecule has 3 aliphatic heterocycles. The van der Waals surface area contributed by atoms with Gasteiger partial charge in [0.1, 0.15) is 29.4 Å². The number of piperidine rings is 1. The number of hydrogen-bond acceptors (Lipinski definition) is 12. The quantitative estimate of drug-likeness (QED) is 0.150. The molecule has 0 bridgehead atoms. The molecule has 4 aliphatic rings. The Morgan fingerprint density at radius 3 is 2.62 bits per heavy atom. The highest BCUT2D eigenvalue weighted by atomic mass is 32.2. The van der Waals surface area contributed by atoms with Crippen molar-refractivity contribution in [3.63, 3.8) is 0 Å². The maximum atomic E-state index is 16.1. The van der Waals surface area contributed by atoms with Crippen LogP contribution in [0.25, 0.3) is 21.9 Å². The summed E-state index contributed by atoms with van der Waals surface area (Å²) in [7, 11) is -1.22. The van der Waals surface area contributed by atoms with Crippen LogP contribution in [-0.2, 0) is 26.8 Å². The molecule has 2 aromatic heterocycles. The molecular formula is C44H47F3N10O7S. The third-order valence-electron chi connectivity index (χ3n) is 13.3. The molecular weight excluding hydrogens is 870 g/mol. The number of benzene rings is 3. The molecule has 3 saturated heterocycles. The van der Waals surface area contributed by atoms with E-state index in [0.29, 0.717) is 85.0 Å². The highest BCUT2D eigenvalue weighted by Crippen LogP contribution is 2.45. The molecule has 3 N–H and O–H groups in total. The lowest BCUT2D eigenvalue weighted by atomic mass is 9.78. The molecule has 65 heavy (non-hydrogen) atoms. The number of likely N-dealkylation sites (N-methyl/N-ethyl adjacent to an activating group) is 1. The Morgan fingerprint density at radius 2 is 1.88 bits per heavy atom. The molecule has 342 valence electrons. The van der Waals surface area contributed by atoms with Crippen molar-refractivity contribution in [1.29, 1.82) is 5.26 Å². The molecule has 1 spiro atoms. The number of ether oxygens (including phenoxy) is 2. The summed E-state index contributed by atoms with van der Waals surface area (Å²) in [5, 5.41) is 26.3. The maximum Gasteiger partial charge on any atom is 0.329 e. The molecule has 4 atom stereocenters. The van der Waals surface area contributed by atoms with Crippen molar-refractivity contribution in [3.05, 3.63) is 77.1 Å². The number of imide groups is 1. The molecule has 5 heterocycles. The van der Waals surface area contributed by atoms with Gasteiger partial charge in [0, 0.05) is 76.3 Å². The van der Waals surface area contributed by atoms with Crippen LogP contribution in [0.5, 0.6) is 11.5 Å². The normalized spacial score (nSPS) is 22.8. The van der Waals surface area contributed by atoms with Crippen molar-refractivity contribution in [2.75, 3.05) is 56.1 Å². The lowest BCUT2D eigenvalue weighted by Gasteiger charge is -2.45. The van der Waals surface area contributed by atoms with Crippen LogP contribution in [0.2, 0.25) is 0 Å². The van der Waals surface area contributed by atoms with Gasteiger partial charge in [-0.25, -0.2) is 22.9 Å². The van der Waals surface area contributed by atoms with Crippen molar-refractivity contribution in [2.45, 2.75) is 74.6 Å². The lowest BCUT2D eigenvalue weighted by molar-refractivity contribution is -0.120. The number of fused-ring (bicyclic) bond motifs is 2. The number of aryl methyl sites for hydroxylation is 1. The number of carbonyl (C=O) groups excluding carboxylic acids is 2. The average Bonchev–Trinajstić information content (AvgIpc) is 3.84. The summed E-state index contributed by atoms with van der Waals surface area (Å²) in [6.45, 7) is 1.21. The van der Waals surface area contributed by atoms with E-state index in [1.807, 2.05) is 6.07 Å². The number of aliphatic hydroxyl groups excluding tert-OH is 1. The van der Waals surface area contributed by atoms with Gasteiger partial charge in [-0.05, 0) is 86.4 Å². The minimum Gasteiger partial charge on any atom is -0.453 e.